The van der Waals surface area contributed by atoms with Crippen LogP contribution in [0.15, 0.2) is 53.3 Å². The average molecular weight is 512 g/mol. The highest BCUT2D eigenvalue weighted by molar-refractivity contribution is 8.00. The van der Waals surface area contributed by atoms with E-state index < -0.39 is 12.0 Å². The van der Waals surface area contributed by atoms with E-state index in [2.05, 4.69) is 9.97 Å². The van der Waals surface area contributed by atoms with E-state index in [-0.39, 0.29) is 29.4 Å². The summed E-state index contributed by atoms with van der Waals surface area (Å²) < 4.78 is 5.98. The van der Waals surface area contributed by atoms with Crippen LogP contribution >= 0.6 is 23.4 Å². The number of nitrogens with zero attached hydrogens (tertiary/aromatic N) is 2. The summed E-state index contributed by atoms with van der Waals surface area (Å²) in [5.41, 5.74) is 1.83. The van der Waals surface area contributed by atoms with Crippen molar-refractivity contribution in [2.75, 3.05) is 12.4 Å². The molecule has 2 aliphatic heterocycles. The molecule has 1 aromatic heterocycles. The molecule has 0 bridgehead atoms. The van der Waals surface area contributed by atoms with Crippen molar-refractivity contribution in [3.8, 4) is 17.1 Å². The van der Waals surface area contributed by atoms with Crippen LogP contribution < -0.4 is 10.3 Å². The van der Waals surface area contributed by atoms with Crippen molar-refractivity contribution in [1.82, 2.24) is 14.9 Å². The number of aromatic amines is 1. The second-order valence-electron chi connectivity index (χ2n) is 8.55. The number of carbonyl (C=O) groups excluding carboxylic acids is 1. The normalized spacial score (nSPS) is 21.7. The summed E-state index contributed by atoms with van der Waals surface area (Å²) in [5.74, 6) is 0.126. The van der Waals surface area contributed by atoms with Gasteiger partial charge in [-0.15, -0.1) is 11.8 Å². The lowest BCUT2D eigenvalue weighted by Crippen LogP contribution is -2.63. The number of rotatable bonds is 6. The number of thioether (sulfide) groups is 1. The number of nitrogens with one attached hydrogen (secondary N) is 1. The summed E-state index contributed by atoms with van der Waals surface area (Å²) in [4.78, 5) is 45.3. The van der Waals surface area contributed by atoms with Crippen LogP contribution in [-0.2, 0) is 9.59 Å². The minimum absolute atomic E-state index is 0.0350. The molecule has 2 aliphatic rings. The van der Waals surface area contributed by atoms with E-state index >= 15 is 0 Å². The van der Waals surface area contributed by atoms with Gasteiger partial charge in [-0.3, -0.25) is 9.59 Å². The largest absolute Gasteiger partial charge is 0.489 e. The van der Waals surface area contributed by atoms with Gasteiger partial charge in [0.1, 0.15) is 24.2 Å². The Morgan fingerprint density at radius 2 is 2.14 bits per heavy atom. The molecular formula is C25H22ClN3O5S. The first-order valence-electron chi connectivity index (χ1n) is 11.1. The summed E-state index contributed by atoms with van der Waals surface area (Å²) in [5, 5.41) is 10.5. The molecule has 3 heterocycles. The molecule has 180 valence electrons. The minimum atomic E-state index is -0.993. The number of carboxylic acids is 1. The maximum atomic E-state index is 12.6. The predicted molar refractivity (Wildman–Crippen MR) is 135 cm³/mol. The third kappa shape index (κ3) is 4.53. The fourth-order valence-corrected chi connectivity index (χ4v) is 6.00. The zero-order valence-corrected chi connectivity index (χ0v) is 20.3. The number of ether oxygens (including phenoxy) is 1. The number of halogens is 1. The minimum Gasteiger partial charge on any atom is -0.489 e. The van der Waals surface area contributed by atoms with Gasteiger partial charge in [0.05, 0.1) is 28.3 Å². The lowest BCUT2D eigenvalue weighted by Gasteiger charge is -2.49. The molecule has 2 fully saturated rings. The molecule has 10 heteroatoms. The molecule has 8 nitrogen and oxygen atoms in total. The van der Waals surface area contributed by atoms with Gasteiger partial charge in [-0.25, -0.2) is 9.78 Å². The van der Waals surface area contributed by atoms with Gasteiger partial charge in [0, 0.05) is 16.7 Å². The molecule has 2 N–H and O–H groups in total. The first-order valence-corrected chi connectivity index (χ1v) is 12.5. The molecular weight excluding hydrogens is 490 g/mol. The van der Waals surface area contributed by atoms with Crippen molar-refractivity contribution in [3.05, 3.63) is 69.5 Å². The second kappa shape index (κ2) is 9.39. The van der Waals surface area contributed by atoms with Crippen LogP contribution in [0.4, 0.5) is 0 Å². The van der Waals surface area contributed by atoms with Gasteiger partial charge in [0.15, 0.2) is 0 Å². The average Bonchev–Trinajstić information content (AvgIpc) is 2.82. The van der Waals surface area contributed by atoms with E-state index in [0.717, 1.165) is 5.56 Å². The van der Waals surface area contributed by atoms with Gasteiger partial charge in [0.2, 0.25) is 5.91 Å². The van der Waals surface area contributed by atoms with Crippen LogP contribution in [0.25, 0.3) is 22.3 Å². The number of aliphatic carboxylic acids is 1. The van der Waals surface area contributed by atoms with E-state index in [4.69, 9.17) is 16.3 Å². The monoisotopic (exact) mass is 511 g/mol. The summed E-state index contributed by atoms with van der Waals surface area (Å²) in [6.45, 7) is 2.12. The quantitative estimate of drug-likeness (QED) is 0.381. The van der Waals surface area contributed by atoms with Crippen molar-refractivity contribution in [3.63, 3.8) is 0 Å². The van der Waals surface area contributed by atoms with Crippen LogP contribution in [-0.4, -0.2) is 55.6 Å². The molecule has 0 aliphatic carbocycles. The molecule has 0 spiro atoms. The Hall–Kier alpha value is -3.30. The molecule has 3 aromatic rings. The number of aromatic nitrogens is 2. The zero-order valence-electron chi connectivity index (χ0n) is 18.7. The van der Waals surface area contributed by atoms with Gasteiger partial charge in [-0.2, -0.15) is 0 Å². The maximum Gasteiger partial charge on any atom is 0.327 e. The van der Waals surface area contributed by atoms with E-state index in [1.165, 1.54) is 4.90 Å². The summed E-state index contributed by atoms with van der Waals surface area (Å²) in [7, 11) is 0. The number of fused-ring (bicyclic) bond motifs is 2. The standard InChI is InChI=1S/C25H22ClN3O5S/c1-13-4-7-19(17(9-13)23-27-18-6-5-15(26)10-16(18)24(31)28-23)34-8-2-3-14-12-35-21-11-20(30)29(21)22(14)25(32)33/h2-7,9-10,14,21-22H,8,11-12H2,1H3,(H,32,33)(H,27,28,31)/b3-2+. The molecule has 2 saturated heterocycles. The third-order valence-corrected chi connectivity index (χ3v) is 7.75. The SMILES string of the molecule is Cc1ccc(OC/C=C/C2CSC3CC(=O)N3C2C(=O)O)c(-c2nc3ccc(Cl)cc3c(=O)[nH]2)c1. The molecule has 1 amide bonds. The Balaban J connectivity index is 1.36. The molecule has 5 rings (SSSR count). The number of aryl methyl sites for hydroxylation is 1. The highest BCUT2D eigenvalue weighted by atomic mass is 35.5. The number of H-pyrrole nitrogens is 1. The number of hydrogen-bond acceptors (Lipinski definition) is 6. The molecule has 3 unspecified atom stereocenters. The van der Waals surface area contributed by atoms with Crippen molar-refractivity contribution in [2.45, 2.75) is 24.8 Å². The molecule has 3 atom stereocenters. The number of hydrogen-bond donors (Lipinski definition) is 2. The summed E-state index contributed by atoms with van der Waals surface area (Å²) in [6, 6.07) is 9.70. The fourth-order valence-electron chi connectivity index (χ4n) is 4.42. The number of amides is 1. The number of carboxylic acid groups (broad SMARTS) is 1. The lowest BCUT2D eigenvalue weighted by atomic mass is 9.95. The van der Waals surface area contributed by atoms with E-state index in [0.29, 0.717) is 45.2 Å². The van der Waals surface area contributed by atoms with Crippen LogP contribution in [0.3, 0.4) is 0 Å². The Bertz CT molecular complexity index is 1420. The van der Waals surface area contributed by atoms with E-state index in [1.807, 2.05) is 25.1 Å². The van der Waals surface area contributed by atoms with Crippen molar-refractivity contribution in [2.24, 2.45) is 5.92 Å². The summed E-state index contributed by atoms with van der Waals surface area (Å²) >= 11 is 7.62. The Morgan fingerprint density at radius 3 is 2.91 bits per heavy atom. The van der Waals surface area contributed by atoms with Crippen LogP contribution in [0.1, 0.15) is 12.0 Å². The predicted octanol–water partition coefficient (Wildman–Crippen LogP) is 3.86. The Morgan fingerprint density at radius 1 is 1.31 bits per heavy atom. The van der Waals surface area contributed by atoms with Gasteiger partial charge in [-0.1, -0.05) is 35.4 Å². The lowest BCUT2D eigenvalue weighted by molar-refractivity contribution is -0.160. The van der Waals surface area contributed by atoms with Gasteiger partial charge < -0.3 is 19.7 Å². The molecule has 35 heavy (non-hydrogen) atoms. The maximum absolute atomic E-state index is 12.6. The summed E-state index contributed by atoms with van der Waals surface area (Å²) in [6.07, 6.45) is 3.98. The van der Waals surface area contributed by atoms with E-state index in [1.54, 1.807) is 42.1 Å². The van der Waals surface area contributed by atoms with E-state index in [9.17, 15) is 19.5 Å². The fraction of sp³-hybridized carbons (Fsp3) is 0.280. The smallest absolute Gasteiger partial charge is 0.327 e. The highest BCUT2D eigenvalue weighted by Crippen LogP contribution is 2.40. The molecule has 2 aromatic carbocycles. The Labute approximate surface area is 210 Å². The zero-order chi connectivity index (χ0) is 24.7. The third-order valence-electron chi connectivity index (χ3n) is 6.16. The number of β-lactam (4-membered cyclic amide) rings is 1. The van der Waals surface area contributed by atoms with Gasteiger partial charge in [0.25, 0.3) is 5.56 Å². The van der Waals surface area contributed by atoms with Gasteiger partial charge in [-0.05, 0) is 37.3 Å². The highest BCUT2D eigenvalue weighted by Gasteiger charge is 2.50. The van der Waals surface area contributed by atoms with Crippen LogP contribution in [0.2, 0.25) is 5.02 Å². The van der Waals surface area contributed by atoms with Crippen LogP contribution in [0, 0.1) is 12.8 Å². The van der Waals surface area contributed by atoms with Crippen molar-refractivity contribution >= 4 is 46.1 Å². The molecule has 0 radical (unpaired) electrons. The number of benzene rings is 2. The van der Waals surface area contributed by atoms with Crippen molar-refractivity contribution < 1.29 is 19.4 Å². The first-order chi connectivity index (χ1) is 16.8. The molecule has 0 saturated carbocycles. The van der Waals surface area contributed by atoms with Gasteiger partial charge >= 0.3 is 5.97 Å². The second-order valence-corrected chi connectivity index (χ2v) is 10.2. The van der Waals surface area contributed by atoms with Crippen molar-refractivity contribution in [1.29, 1.82) is 0 Å². The Kier molecular flexibility index (Phi) is 6.29. The first kappa shape index (κ1) is 23.4. The topological polar surface area (TPSA) is 113 Å². The number of carbonyl (C=O) groups is 2. The van der Waals surface area contributed by atoms with Crippen LogP contribution in [0.5, 0.6) is 5.75 Å².